The number of nitrogens with zero attached hydrogens (tertiary/aromatic N) is 1. The highest BCUT2D eigenvalue weighted by molar-refractivity contribution is 5.96. The number of hydrazine groups is 1. The van der Waals surface area contributed by atoms with Crippen molar-refractivity contribution in [3.8, 4) is 11.5 Å². The quantitative estimate of drug-likeness (QED) is 0.679. The third kappa shape index (κ3) is 3.95. The van der Waals surface area contributed by atoms with E-state index in [0.29, 0.717) is 11.3 Å². The van der Waals surface area contributed by atoms with Crippen molar-refractivity contribution in [2.45, 2.75) is 0 Å². The second kappa shape index (κ2) is 8.07. The number of hydrogen-bond donors (Lipinski definition) is 1. The van der Waals surface area contributed by atoms with Crippen molar-refractivity contribution in [2.24, 2.45) is 0 Å². The van der Waals surface area contributed by atoms with Crippen LogP contribution in [0.25, 0.3) is 0 Å². The van der Waals surface area contributed by atoms with Crippen LogP contribution in [0, 0.1) is 0 Å². The van der Waals surface area contributed by atoms with Crippen molar-refractivity contribution in [1.29, 1.82) is 0 Å². The fraction of sp³-hybridized carbons (Fsp3) is 0.0952. The predicted octanol–water partition coefficient (Wildman–Crippen LogP) is 4.19. The number of amides is 1. The molecule has 3 rings (SSSR count). The van der Waals surface area contributed by atoms with Crippen molar-refractivity contribution < 1.29 is 14.3 Å². The van der Waals surface area contributed by atoms with Crippen LogP contribution in [0.15, 0.2) is 78.9 Å². The summed E-state index contributed by atoms with van der Waals surface area (Å²) in [6, 6.07) is 24.0. The van der Waals surface area contributed by atoms with Gasteiger partial charge in [0.15, 0.2) is 0 Å². The molecule has 0 saturated heterocycles. The van der Waals surface area contributed by atoms with Gasteiger partial charge in [-0.2, -0.15) is 0 Å². The minimum absolute atomic E-state index is 0.204. The summed E-state index contributed by atoms with van der Waals surface area (Å²) < 4.78 is 10.5. The van der Waals surface area contributed by atoms with E-state index in [-0.39, 0.29) is 5.91 Å². The number of anilines is 2. The molecule has 0 atom stereocenters. The maximum absolute atomic E-state index is 12.7. The molecule has 0 aromatic heterocycles. The highest BCUT2D eigenvalue weighted by Gasteiger charge is 2.15. The van der Waals surface area contributed by atoms with Crippen molar-refractivity contribution in [3.63, 3.8) is 0 Å². The van der Waals surface area contributed by atoms with Gasteiger partial charge in [-0.25, -0.2) is 0 Å². The second-order valence-electron chi connectivity index (χ2n) is 5.54. The van der Waals surface area contributed by atoms with E-state index in [2.05, 4.69) is 5.43 Å². The van der Waals surface area contributed by atoms with E-state index in [1.54, 1.807) is 31.4 Å². The van der Waals surface area contributed by atoms with Gasteiger partial charge in [0.1, 0.15) is 11.5 Å². The first kappa shape index (κ1) is 17.4. The zero-order valence-corrected chi connectivity index (χ0v) is 14.7. The van der Waals surface area contributed by atoms with Gasteiger partial charge in [0.2, 0.25) is 0 Å². The smallest absolute Gasteiger partial charge is 0.270 e. The molecule has 0 heterocycles. The van der Waals surface area contributed by atoms with E-state index < -0.39 is 0 Å². The molecule has 0 radical (unpaired) electrons. The standard InChI is InChI=1S/C21H20N2O3/c1-25-19-13-11-17(12-14-19)23(18-9-6-10-20(15-18)26-2)22-21(24)16-7-4-3-5-8-16/h3-15H,1-2H3,(H,22,24). The number of hydrogen-bond acceptors (Lipinski definition) is 4. The Morgan fingerprint density at radius 1 is 0.769 bits per heavy atom. The van der Waals surface area contributed by atoms with Crippen molar-refractivity contribution in [3.05, 3.63) is 84.4 Å². The molecular formula is C21H20N2O3. The molecule has 0 aliphatic heterocycles. The number of rotatable bonds is 6. The summed E-state index contributed by atoms with van der Waals surface area (Å²) in [5.74, 6) is 1.24. The van der Waals surface area contributed by atoms with E-state index in [9.17, 15) is 4.79 Å². The molecule has 0 unspecified atom stereocenters. The summed E-state index contributed by atoms with van der Waals surface area (Å²) in [6.45, 7) is 0. The first-order valence-electron chi connectivity index (χ1n) is 8.15. The SMILES string of the molecule is COc1ccc(N(NC(=O)c2ccccc2)c2cccc(OC)c2)cc1. The van der Waals surface area contributed by atoms with Gasteiger partial charge in [0.25, 0.3) is 5.91 Å². The third-order valence-corrected chi connectivity index (χ3v) is 3.89. The van der Waals surface area contributed by atoms with Crippen LogP contribution in [-0.4, -0.2) is 20.1 Å². The van der Waals surface area contributed by atoms with Gasteiger partial charge in [-0.15, -0.1) is 0 Å². The fourth-order valence-corrected chi connectivity index (χ4v) is 2.51. The molecule has 26 heavy (non-hydrogen) atoms. The Morgan fingerprint density at radius 3 is 2.12 bits per heavy atom. The van der Waals surface area contributed by atoms with Gasteiger partial charge in [-0.1, -0.05) is 24.3 Å². The maximum Gasteiger partial charge on any atom is 0.270 e. The summed E-state index contributed by atoms with van der Waals surface area (Å²) in [7, 11) is 3.23. The number of nitrogens with one attached hydrogen (secondary N) is 1. The Bertz CT molecular complexity index is 864. The first-order valence-corrected chi connectivity index (χ1v) is 8.15. The summed E-state index contributed by atoms with van der Waals surface area (Å²) in [4.78, 5) is 12.7. The monoisotopic (exact) mass is 348 g/mol. The van der Waals surface area contributed by atoms with Gasteiger partial charge in [-0.05, 0) is 48.5 Å². The lowest BCUT2D eigenvalue weighted by Gasteiger charge is -2.26. The molecule has 5 nitrogen and oxygen atoms in total. The van der Waals surface area contributed by atoms with Crippen LogP contribution in [0.4, 0.5) is 11.4 Å². The summed E-state index contributed by atoms with van der Waals surface area (Å²) in [6.07, 6.45) is 0. The number of carbonyl (C=O) groups is 1. The van der Waals surface area contributed by atoms with Crippen LogP contribution in [0.2, 0.25) is 0 Å². The van der Waals surface area contributed by atoms with Crippen molar-refractivity contribution in [1.82, 2.24) is 5.43 Å². The molecule has 132 valence electrons. The predicted molar refractivity (Wildman–Crippen MR) is 102 cm³/mol. The number of methoxy groups -OCH3 is 2. The Kier molecular flexibility index (Phi) is 5.39. The molecule has 3 aromatic carbocycles. The molecule has 0 bridgehead atoms. The normalized spacial score (nSPS) is 10.1. The van der Waals surface area contributed by atoms with Crippen molar-refractivity contribution >= 4 is 17.3 Å². The van der Waals surface area contributed by atoms with Gasteiger partial charge in [-0.3, -0.25) is 15.2 Å². The highest BCUT2D eigenvalue weighted by atomic mass is 16.5. The Morgan fingerprint density at radius 2 is 1.46 bits per heavy atom. The van der Waals surface area contributed by atoms with Gasteiger partial charge < -0.3 is 9.47 Å². The maximum atomic E-state index is 12.7. The molecule has 1 N–H and O–H groups in total. The summed E-state index contributed by atoms with van der Waals surface area (Å²) in [5.41, 5.74) is 5.10. The largest absolute Gasteiger partial charge is 0.497 e. The van der Waals surface area contributed by atoms with Gasteiger partial charge in [0, 0.05) is 11.6 Å². The van der Waals surface area contributed by atoms with Gasteiger partial charge in [0.05, 0.1) is 25.6 Å². The summed E-state index contributed by atoms with van der Waals surface area (Å²) >= 11 is 0. The molecule has 5 heteroatoms. The van der Waals surface area contributed by atoms with Gasteiger partial charge >= 0.3 is 0 Å². The zero-order valence-electron chi connectivity index (χ0n) is 14.7. The minimum atomic E-state index is -0.204. The molecule has 1 amide bonds. The van der Waals surface area contributed by atoms with E-state index in [4.69, 9.17) is 9.47 Å². The van der Waals surface area contributed by atoms with Crippen molar-refractivity contribution in [2.75, 3.05) is 19.2 Å². The van der Waals surface area contributed by atoms with E-state index >= 15 is 0 Å². The second-order valence-corrected chi connectivity index (χ2v) is 5.54. The average Bonchev–Trinajstić information content (AvgIpc) is 2.72. The Hall–Kier alpha value is -3.47. The third-order valence-electron chi connectivity index (χ3n) is 3.89. The van der Waals surface area contributed by atoms with Crippen LogP contribution in [0.5, 0.6) is 11.5 Å². The molecule has 0 spiro atoms. The number of benzene rings is 3. The Balaban J connectivity index is 1.96. The number of carbonyl (C=O) groups excluding carboxylic acids is 1. The zero-order chi connectivity index (χ0) is 18.4. The van der Waals surface area contributed by atoms with E-state index in [0.717, 1.165) is 17.1 Å². The topological polar surface area (TPSA) is 50.8 Å². The number of ether oxygens (including phenoxy) is 2. The Labute approximate surface area is 152 Å². The van der Waals surface area contributed by atoms with E-state index in [1.165, 1.54) is 0 Å². The molecule has 0 saturated carbocycles. The van der Waals surface area contributed by atoms with Crippen LogP contribution in [-0.2, 0) is 0 Å². The lowest BCUT2D eigenvalue weighted by atomic mass is 10.2. The summed E-state index contributed by atoms with van der Waals surface area (Å²) in [5, 5.41) is 1.72. The molecule has 0 aliphatic rings. The lowest BCUT2D eigenvalue weighted by Crippen LogP contribution is -2.38. The minimum Gasteiger partial charge on any atom is -0.497 e. The fourth-order valence-electron chi connectivity index (χ4n) is 2.51. The van der Waals surface area contributed by atoms with Crippen LogP contribution in [0.1, 0.15) is 10.4 Å². The van der Waals surface area contributed by atoms with Crippen LogP contribution < -0.4 is 19.9 Å². The highest BCUT2D eigenvalue weighted by Crippen LogP contribution is 2.28. The first-order chi connectivity index (χ1) is 12.7. The molecule has 0 aliphatic carbocycles. The molecule has 3 aromatic rings. The average molecular weight is 348 g/mol. The van der Waals surface area contributed by atoms with E-state index in [1.807, 2.05) is 66.7 Å². The molecular weight excluding hydrogens is 328 g/mol. The van der Waals surface area contributed by atoms with Crippen LogP contribution in [0.3, 0.4) is 0 Å². The van der Waals surface area contributed by atoms with Crippen LogP contribution >= 0.6 is 0 Å². The molecule has 0 fully saturated rings. The lowest BCUT2D eigenvalue weighted by molar-refractivity contribution is 0.0953.